The molecule has 0 N–H and O–H groups in total. The molecular formula is C20H26N2O4. The largest absolute Gasteiger partial charge is 0.456 e. The molecule has 0 spiro atoms. The van der Waals surface area contributed by atoms with E-state index in [2.05, 4.69) is 0 Å². The van der Waals surface area contributed by atoms with Crippen LogP contribution in [0.5, 0.6) is 0 Å². The molecule has 0 aliphatic carbocycles. The zero-order valence-electron chi connectivity index (χ0n) is 16.0. The fourth-order valence-corrected chi connectivity index (χ4v) is 2.60. The van der Waals surface area contributed by atoms with Gasteiger partial charge in [-0.25, -0.2) is 4.79 Å². The summed E-state index contributed by atoms with van der Waals surface area (Å²) in [7, 11) is 2.98. The average molecular weight is 358 g/mol. The van der Waals surface area contributed by atoms with Crippen LogP contribution in [0.3, 0.4) is 0 Å². The van der Waals surface area contributed by atoms with E-state index in [-0.39, 0.29) is 11.9 Å². The molecule has 0 heterocycles. The third-order valence-corrected chi connectivity index (χ3v) is 3.88. The van der Waals surface area contributed by atoms with Gasteiger partial charge in [0.1, 0.15) is 11.5 Å². The molecule has 6 nitrogen and oxygen atoms in total. The number of rotatable bonds is 8. The summed E-state index contributed by atoms with van der Waals surface area (Å²) < 4.78 is 15.8. The van der Waals surface area contributed by atoms with Gasteiger partial charge in [0.15, 0.2) is 6.29 Å². The number of benzene rings is 1. The SMILES string of the molecule is COC(OC)C(CCc1ccc(C(=O)OC(C)(C)C)cc1)C(C#N)C#N. The molecule has 1 unspecified atom stereocenters. The summed E-state index contributed by atoms with van der Waals surface area (Å²) >= 11 is 0. The highest BCUT2D eigenvalue weighted by Crippen LogP contribution is 2.24. The Balaban J connectivity index is 2.80. The third kappa shape index (κ3) is 6.48. The van der Waals surface area contributed by atoms with Gasteiger partial charge in [0, 0.05) is 20.1 Å². The summed E-state index contributed by atoms with van der Waals surface area (Å²) in [4.78, 5) is 12.0. The standard InChI is InChI=1S/C20H26N2O4/c1-20(2,3)26-18(23)15-9-6-14(7-10-15)8-11-17(16(12-21)13-22)19(24-4)25-5/h6-7,9-10,16-17,19H,8,11H2,1-5H3. The maximum Gasteiger partial charge on any atom is 0.338 e. The number of ether oxygens (including phenoxy) is 3. The minimum absolute atomic E-state index is 0.366. The van der Waals surface area contributed by atoms with E-state index >= 15 is 0 Å². The van der Waals surface area contributed by atoms with Gasteiger partial charge >= 0.3 is 5.97 Å². The Morgan fingerprint density at radius 2 is 1.62 bits per heavy atom. The number of carbonyl (C=O) groups excluding carboxylic acids is 1. The summed E-state index contributed by atoms with van der Waals surface area (Å²) in [6.07, 6.45) is 0.548. The van der Waals surface area contributed by atoms with Crippen LogP contribution in [0.2, 0.25) is 0 Å². The molecule has 0 saturated heterocycles. The highest BCUT2D eigenvalue weighted by atomic mass is 16.7. The Bertz CT molecular complexity index is 647. The van der Waals surface area contributed by atoms with Crippen molar-refractivity contribution < 1.29 is 19.0 Å². The Hall–Kier alpha value is -2.41. The molecule has 140 valence electrons. The molecule has 0 saturated carbocycles. The summed E-state index contributed by atoms with van der Waals surface area (Å²) in [6.45, 7) is 5.46. The predicted molar refractivity (Wildman–Crippen MR) is 95.9 cm³/mol. The first-order valence-corrected chi connectivity index (χ1v) is 8.42. The van der Waals surface area contributed by atoms with Crippen molar-refractivity contribution in [1.29, 1.82) is 10.5 Å². The predicted octanol–water partition coefficient (Wildman–Crippen LogP) is 3.47. The van der Waals surface area contributed by atoms with Crippen LogP contribution in [0.15, 0.2) is 24.3 Å². The maximum absolute atomic E-state index is 12.0. The van der Waals surface area contributed by atoms with Crippen LogP contribution in [0, 0.1) is 34.5 Å². The van der Waals surface area contributed by atoms with E-state index in [0.717, 1.165) is 5.56 Å². The fraction of sp³-hybridized carbons (Fsp3) is 0.550. The number of carbonyl (C=O) groups is 1. The highest BCUT2D eigenvalue weighted by molar-refractivity contribution is 5.89. The second kappa shape index (κ2) is 9.91. The van der Waals surface area contributed by atoms with Crippen LogP contribution < -0.4 is 0 Å². The summed E-state index contributed by atoms with van der Waals surface area (Å²) in [5.41, 5.74) is 0.934. The molecule has 1 aromatic rings. The molecule has 0 aliphatic rings. The van der Waals surface area contributed by atoms with Gasteiger partial charge < -0.3 is 14.2 Å². The van der Waals surface area contributed by atoms with Crippen molar-refractivity contribution in [3.8, 4) is 12.1 Å². The quantitative estimate of drug-likeness (QED) is 0.522. The first-order valence-electron chi connectivity index (χ1n) is 8.42. The second-order valence-corrected chi connectivity index (χ2v) is 6.98. The summed E-state index contributed by atoms with van der Waals surface area (Å²) in [6, 6.07) is 11.1. The van der Waals surface area contributed by atoms with Crippen molar-refractivity contribution in [3.05, 3.63) is 35.4 Å². The van der Waals surface area contributed by atoms with Crippen LogP contribution in [0.25, 0.3) is 0 Å². The molecule has 1 rings (SSSR count). The topological polar surface area (TPSA) is 92.3 Å². The lowest BCUT2D eigenvalue weighted by molar-refractivity contribution is -0.142. The number of hydrogen-bond acceptors (Lipinski definition) is 6. The Kier molecular flexibility index (Phi) is 8.25. The van der Waals surface area contributed by atoms with E-state index in [1.54, 1.807) is 12.1 Å². The molecule has 6 heteroatoms. The molecule has 0 aliphatic heterocycles. The van der Waals surface area contributed by atoms with Crippen molar-refractivity contribution in [3.63, 3.8) is 0 Å². The van der Waals surface area contributed by atoms with Gasteiger partial charge in [-0.2, -0.15) is 10.5 Å². The Morgan fingerprint density at radius 1 is 1.08 bits per heavy atom. The molecule has 1 aromatic carbocycles. The van der Waals surface area contributed by atoms with Gasteiger partial charge in [-0.3, -0.25) is 0 Å². The number of methoxy groups -OCH3 is 2. The monoisotopic (exact) mass is 358 g/mol. The summed E-state index contributed by atoms with van der Waals surface area (Å²) in [5, 5.41) is 18.4. The number of aryl methyl sites for hydroxylation is 1. The van der Waals surface area contributed by atoms with Crippen molar-refractivity contribution in [2.75, 3.05) is 14.2 Å². The lowest BCUT2D eigenvalue weighted by Crippen LogP contribution is -2.30. The molecule has 0 radical (unpaired) electrons. The van der Waals surface area contributed by atoms with Gasteiger partial charge in [0.05, 0.1) is 17.7 Å². The maximum atomic E-state index is 12.0. The molecule has 1 atom stereocenters. The van der Waals surface area contributed by atoms with E-state index in [9.17, 15) is 15.3 Å². The van der Waals surface area contributed by atoms with Crippen molar-refractivity contribution >= 4 is 5.97 Å². The molecule has 0 aromatic heterocycles. The molecular weight excluding hydrogens is 332 g/mol. The van der Waals surface area contributed by atoms with Crippen LogP contribution in [-0.2, 0) is 20.6 Å². The van der Waals surface area contributed by atoms with Gasteiger partial charge in [0.2, 0.25) is 0 Å². The van der Waals surface area contributed by atoms with Crippen molar-refractivity contribution in [2.24, 2.45) is 11.8 Å². The van der Waals surface area contributed by atoms with Gasteiger partial charge in [-0.05, 0) is 51.3 Å². The van der Waals surface area contributed by atoms with E-state index in [4.69, 9.17) is 14.2 Å². The first kappa shape index (κ1) is 21.6. The molecule has 0 amide bonds. The fourth-order valence-electron chi connectivity index (χ4n) is 2.60. The zero-order valence-corrected chi connectivity index (χ0v) is 16.0. The smallest absolute Gasteiger partial charge is 0.338 e. The minimum atomic E-state index is -0.819. The lowest BCUT2D eigenvalue weighted by atomic mass is 9.88. The van der Waals surface area contributed by atoms with E-state index in [0.29, 0.717) is 18.4 Å². The zero-order chi connectivity index (χ0) is 19.7. The Labute approximate surface area is 155 Å². The number of nitriles is 2. The molecule has 0 bridgehead atoms. The second-order valence-electron chi connectivity index (χ2n) is 6.98. The first-order chi connectivity index (χ1) is 12.3. The van der Waals surface area contributed by atoms with E-state index in [1.165, 1.54) is 14.2 Å². The minimum Gasteiger partial charge on any atom is -0.456 e. The van der Waals surface area contributed by atoms with Gasteiger partial charge in [-0.15, -0.1) is 0 Å². The van der Waals surface area contributed by atoms with E-state index < -0.39 is 17.8 Å². The van der Waals surface area contributed by atoms with Crippen molar-refractivity contribution in [2.45, 2.75) is 45.5 Å². The third-order valence-electron chi connectivity index (χ3n) is 3.88. The Morgan fingerprint density at radius 3 is 2.04 bits per heavy atom. The van der Waals surface area contributed by atoms with Crippen LogP contribution in [-0.4, -0.2) is 32.1 Å². The average Bonchev–Trinajstić information content (AvgIpc) is 2.60. The van der Waals surface area contributed by atoms with Crippen LogP contribution >= 0.6 is 0 Å². The summed E-state index contributed by atoms with van der Waals surface area (Å²) in [5.74, 6) is -1.55. The number of esters is 1. The molecule has 26 heavy (non-hydrogen) atoms. The van der Waals surface area contributed by atoms with Crippen molar-refractivity contribution in [1.82, 2.24) is 0 Å². The van der Waals surface area contributed by atoms with Gasteiger partial charge in [0.25, 0.3) is 0 Å². The van der Waals surface area contributed by atoms with E-state index in [1.807, 2.05) is 45.0 Å². The number of hydrogen-bond donors (Lipinski definition) is 0. The van der Waals surface area contributed by atoms with Crippen LogP contribution in [0.4, 0.5) is 0 Å². The molecule has 0 fully saturated rings. The van der Waals surface area contributed by atoms with Gasteiger partial charge in [-0.1, -0.05) is 12.1 Å². The normalized spacial score (nSPS) is 12.5. The van der Waals surface area contributed by atoms with Crippen LogP contribution in [0.1, 0.15) is 43.1 Å². The lowest BCUT2D eigenvalue weighted by Gasteiger charge is -2.25. The number of nitrogens with zero attached hydrogens (tertiary/aromatic N) is 2. The highest BCUT2D eigenvalue weighted by Gasteiger charge is 2.30.